The molecule has 2 aromatic rings. The number of benzene rings is 1. The van der Waals surface area contributed by atoms with E-state index in [4.69, 9.17) is 5.11 Å². The molecule has 1 atom stereocenters. The van der Waals surface area contributed by atoms with E-state index in [-0.39, 0.29) is 24.0 Å². The predicted molar refractivity (Wildman–Crippen MR) is 94.0 cm³/mol. The minimum absolute atomic E-state index is 0.0920. The van der Waals surface area contributed by atoms with Crippen LogP contribution in [0.15, 0.2) is 18.2 Å². The summed E-state index contributed by atoms with van der Waals surface area (Å²) in [6, 6.07) is 4.92. The van der Waals surface area contributed by atoms with Crippen molar-refractivity contribution in [2.75, 3.05) is 13.6 Å². The first-order valence-electron chi connectivity index (χ1n) is 8.65. The van der Waals surface area contributed by atoms with Crippen LogP contribution >= 0.6 is 0 Å². The number of carbonyl (C=O) groups is 2. The first-order chi connectivity index (χ1) is 12.3. The zero-order chi connectivity index (χ0) is 19.0. The normalized spacial score (nSPS) is 14.2. The maximum atomic E-state index is 14.4. The van der Waals surface area contributed by atoms with Gasteiger partial charge in [0.1, 0.15) is 11.5 Å². The summed E-state index contributed by atoms with van der Waals surface area (Å²) in [7, 11) is 1.56. The van der Waals surface area contributed by atoms with Crippen LogP contribution in [0.3, 0.4) is 0 Å². The fourth-order valence-corrected chi connectivity index (χ4v) is 3.34. The quantitative estimate of drug-likeness (QED) is 0.890. The molecule has 1 aromatic heterocycles. The van der Waals surface area contributed by atoms with Crippen molar-refractivity contribution in [3.8, 4) is 5.69 Å². The number of hydrogen-bond acceptors (Lipinski definition) is 3. The molecule has 0 fully saturated rings. The molecule has 1 amide bonds. The standard InChI is InChI=1S/C19H22FN3O3/c1-11-7-8-16(14(20)9-11)23-15-6-4-5-13(15)17(21-23)18(24)22(3)10-12(2)19(25)26/h7-9,12H,4-6,10H2,1-3H3,(H,25,26). The van der Waals surface area contributed by atoms with E-state index in [9.17, 15) is 14.0 Å². The van der Waals surface area contributed by atoms with E-state index in [1.165, 1.54) is 15.6 Å². The third kappa shape index (κ3) is 3.21. The Morgan fingerprint density at radius 1 is 1.38 bits per heavy atom. The lowest BCUT2D eigenvalue weighted by atomic mass is 10.1. The van der Waals surface area contributed by atoms with Crippen molar-refractivity contribution in [1.29, 1.82) is 0 Å². The SMILES string of the molecule is Cc1ccc(-n2nc(C(=O)N(C)CC(C)C(=O)O)c3c2CCC3)c(F)c1. The Balaban J connectivity index is 1.97. The first kappa shape index (κ1) is 18.1. The number of rotatable bonds is 5. The van der Waals surface area contributed by atoms with Crippen molar-refractivity contribution in [3.05, 3.63) is 46.5 Å². The zero-order valence-electron chi connectivity index (χ0n) is 15.1. The van der Waals surface area contributed by atoms with E-state index in [2.05, 4.69) is 5.10 Å². The second-order valence-corrected chi connectivity index (χ2v) is 6.92. The number of aliphatic carboxylic acids is 1. The second-order valence-electron chi connectivity index (χ2n) is 6.92. The largest absolute Gasteiger partial charge is 0.481 e. The van der Waals surface area contributed by atoms with Crippen molar-refractivity contribution in [3.63, 3.8) is 0 Å². The lowest BCUT2D eigenvalue weighted by molar-refractivity contribution is -0.141. The molecule has 1 aliphatic carbocycles. The minimum Gasteiger partial charge on any atom is -0.481 e. The Bertz CT molecular complexity index is 875. The highest BCUT2D eigenvalue weighted by atomic mass is 19.1. The summed E-state index contributed by atoms with van der Waals surface area (Å²) in [6.07, 6.45) is 2.33. The molecule has 26 heavy (non-hydrogen) atoms. The Hall–Kier alpha value is -2.70. The molecule has 0 spiro atoms. The Morgan fingerprint density at radius 2 is 2.12 bits per heavy atom. The van der Waals surface area contributed by atoms with Gasteiger partial charge in [-0.1, -0.05) is 13.0 Å². The van der Waals surface area contributed by atoms with Gasteiger partial charge in [0.15, 0.2) is 5.69 Å². The average Bonchev–Trinajstić information content (AvgIpc) is 3.17. The van der Waals surface area contributed by atoms with Gasteiger partial charge in [-0.2, -0.15) is 5.10 Å². The molecule has 0 aliphatic heterocycles. The van der Waals surface area contributed by atoms with Crippen molar-refractivity contribution < 1.29 is 19.1 Å². The number of nitrogens with zero attached hydrogens (tertiary/aromatic N) is 3. The van der Waals surface area contributed by atoms with E-state index in [0.717, 1.165) is 29.7 Å². The van der Waals surface area contributed by atoms with Gasteiger partial charge in [-0.25, -0.2) is 9.07 Å². The summed E-state index contributed by atoms with van der Waals surface area (Å²) in [5.74, 6) is -2.34. The van der Waals surface area contributed by atoms with Crippen LogP contribution in [0.1, 0.15) is 40.7 Å². The van der Waals surface area contributed by atoms with Crippen molar-refractivity contribution in [2.24, 2.45) is 5.92 Å². The monoisotopic (exact) mass is 359 g/mol. The van der Waals surface area contributed by atoms with Crippen LogP contribution in [0.4, 0.5) is 4.39 Å². The highest BCUT2D eigenvalue weighted by Crippen LogP contribution is 2.29. The number of halogens is 1. The third-order valence-corrected chi connectivity index (χ3v) is 4.78. The summed E-state index contributed by atoms with van der Waals surface area (Å²) in [6.45, 7) is 3.46. The molecule has 1 unspecified atom stereocenters. The summed E-state index contributed by atoms with van der Waals surface area (Å²) in [5, 5.41) is 13.4. The van der Waals surface area contributed by atoms with E-state index in [0.29, 0.717) is 12.1 Å². The molecule has 1 aliphatic rings. The highest BCUT2D eigenvalue weighted by Gasteiger charge is 2.30. The molecule has 1 aromatic carbocycles. The van der Waals surface area contributed by atoms with Gasteiger partial charge in [0, 0.05) is 24.8 Å². The van der Waals surface area contributed by atoms with Crippen LogP contribution in [-0.4, -0.2) is 45.3 Å². The molecule has 0 saturated heterocycles. The van der Waals surface area contributed by atoms with Gasteiger partial charge in [0.25, 0.3) is 5.91 Å². The summed E-state index contributed by atoms with van der Waals surface area (Å²) < 4.78 is 15.9. The maximum Gasteiger partial charge on any atom is 0.308 e. The molecular formula is C19H22FN3O3. The summed E-state index contributed by atoms with van der Waals surface area (Å²) in [5.41, 5.74) is 3.13. The average molecular weight is 359 g/mol. The number of amides is 1. The van der Waals surface area contributed by atoms with Crippen LogP contribution in [0, 0.1) is 18.7 Å². The Kier molecular flexibility index (Phi) is 4.80. The fraction of sp³-hybridized carbons (Fsp3) is 0.421. The first-order valence-corrected chi connectivity index (χ1v) is 8.65. The number of aryl methyl sites for hydroxylation is 1. The molecule has 138 valence electrons. The molecule has 3 rings (SSSR count). The van der Waals surface area contributed by atoms with Gasteiger partial charge < -0.3 is 10.0 Å². The van der Waals surface area contributed by atoms with Crippen LogP contribution in [0.5, 0.6) is 0 Å². The second kappa shape index (κ2) is 6.90. The highest BCUT2D eigenvalue weighted by molar-refractivity contribution is 5.94. The van der Waals surface area contributed by atoms with Crippen LogP contribution in [0.2, 0.25) is 0 Å². The topological polar surface area (TPSA) is 75.4 Å². The van der Waals surface area contributed by atoms with Crippen molar-refractivity contribution >= 4 is 11.9 Å². The van der Waals surface area contributed by atoms with Crippen LogP contribution < -0.4 is 0 Å². The molecular weight excluding hydrogens is 337 g/mol. The Labute approximate surface area is 151 Å². The van der Waals surface area contributed by atoms with Crippen LogP contribution in [0.25, 0.3) is 5.69 Å². The molecule has 6 nitrogen and oxygen atoms in total. The van der Waals surface area contributed by atoms with E-state index in [1.54, 1.807) is 20.0 Å². The number of hydrogen-bond donors (Lipinski definition) is 1. The predicted octanol–water partition coefficient (Wildman–Crippen LogP) is 2.60. The Morgan fingerprint density at radius 3 is 2.77 bits per heavy atom. The van der Waals surface area contributed by atoms with Gasteiger partial charge in [-0.3, -0.25) is 9.59 Å². The zero-order valence-corrected chi connectivity index (χ0v) is 15.1. The molecule has 7 heteroatoms. The number of fused-ring (bicyclic) bond motifs is 1. The smallest absolute Gasteiger partial charge is 0.308 e. The lowest BCUT2D eigenvalue weighted by Gasteiger charge is -2.18. The van der Waals surface area contributed by atoms with Gasteiger partial charge >= 0.3 is 5.97 Å². The lowest BCUT2D eigenvalue weighted by Crippen LogP contribution is -2.34. The van der Waals surface area contributed by atoms with E-state index >= 15 is 0 Å². The van der Waals surface area contributed by atoms with Gasteiger partial charge in [0.2, 0.25) is 0 Å². The van der Waals surface area contributed by atoms with E-state index in [1.807, 2.05) is 13.0 Å². The number of carboxylic acids is 1. The molecule has 0 saturated carbocycles. The summed E-state index contributed by atoms with van der Waals surface area (Å²) in [4.78, 5) is 25.2. The third-order valence-electron chi connectivity index (χ3n) is 4.78. The molecule has 1 heterocycles. The summed E-state index contributed by atoms with van der Waals surface area (Å²) >= 11 is 0. The van der Waals surface area contributed by atoms with Crippen LogP contribution in [-0.2, 0) is 17.6 Å². The number of aromatic nitrogens is 2. The minimum atomic E-state index is -0.956. The maximum absolute atomic E-state index is 14.4. The van der Waals surface area contributed by atoms with Gasteiger partial charge in [0.05, 0.1) is 5.92 Å². The van der Waals surface area contributed by atoms with Crippen molar-refractivity contribution in [2.45, 2.75) is 33.1 Å². The number of carbonyl (C=O) groups excluding carboxylic acids is 1. The molecule has 1 N–H and O–H groups in total. The van der Waals surface area contributed by atoms with Crippen molar-refractivity contribution in [1.82, 2.24) is 14.7 Å². The molecule has 0 radical (unpaired) electrons. The van der Waals surface area contributed by atoms with Gasteiger partial charge in [-0.15, -0.1) is 0 Å². The van der Waals surface area contributed by atoms with Gasteiger partial charge in [-0.05, 0) is 43.9 Å². The number of carboxylic acid groups (broad SMARTS) is 1. The van der Waals surface area contributed by atoms with E-state index < -0.39 is 11.9 Å². The fourth-order valence-electron chi connectivity index (χ4n) is 3.34. The molecule has 0 bridgehead atoms.